The van der Waals surface area contributed by atoms with Crippen LogP contribution in [-0.2, 0) is 9.53 Å². The molecule has 4 heteroatoms. The first-order valence-electron chi connectivity index (χ1n) is 6.32. The van der Waals surface area contributed by atoms with E-state index in [1.165, 1.54) is 6.92 Å². The molecule has 18 heavy (non-hydrogen) atoms. The lowest BCUT2D eigenvalue weighted by Crippen LogP contribution is -2.48. The summed E-state index contributed by atoms with van der Waals surface area (Å²) in [4.78, 5) is 10.9. The van der Waals surface area contributed by atoms with Crippen LogP contribution in [0.15, 0.2) is 16.7 Å². The monoisotopic (exact) mass is 268 g/mol. The van der Waals surface area contributed by atoms with Crippen molar-refractivity contribution in [2.45, 2.75) is 58.9 Å². The van der Waals surface area contributed by atoms with Crippen LogP contribution in [0.2, 0.25) is 18.1 Å². The first kappa shape index (κ1) is 15.0. The molecule has 0 aromatic carbocycles. The molecule has 0 saturated heterocycles. The highest BCUT2D eigenvalue weighted by molar-refractivity contribution is 6.91. The number of rotatable bonds is 3. The molecule has 102 valence electrons. The van der Waals surface area contributed by atoms with Crippen molar-refractivity contribution in [2.75, 3.05) is 0 Å². The van der Waals surface area contributed by atoms with E-state index in [4.69, 9.17) is 9.15 Å². The SMILES string of the molecule is CC(=O)OC(C)c1coc([Si](C)(C)C(C)(C)C)c1. The van der Waals surface area contributed by atoms with Crippen LogP contribution >= 0.6 is 0 Å². The summed E-state index contributed by atoms with van der Waals surface area (Å²) in [7, 11) is -1.65. The van der Waals surface area contributed by atoms with Gasteiger partial charge in [-0.05, 0) is 18.0 Å². The van der Waals surface area contributed by atoms with Gasteiger partial charge in [0.15, 0.2) is 0 Å². The highest BCUT2D eigenvalue weighted by atomic mass is 28.3. The van der Waals surface area contributed by atoms with Crippen LogP contribution in [0.5, 0.6) is 0 Å². The van der Waals surface area contributed by atoms with Crippen molar-refractivity contribution in [1.82, 2.24) is 0 Å². The Balaban J connectivity index is 2.96. The molecule has 0 radical (unpaired) electrons. The van der Waals surface area contributed by atoms with Crippen LogP contribution in [0.4, 0.5) is 0 Å². The maximum atomic E-state index is 10.9. The normalized spacial score (nSPS) is 14.4. The summed E-state index contributed by atoms with van der Waals surface area (Å²) in [5.41, 5.74) is 0.935. The lowest BCUT2D eigenvalue weighted by atomic mass is 10.2. The van der Waals surface area contributed by atoms with Crippen molar-refractivity contribution in [3.05, 3.63) is 17.9 Å². The third-order valence-electron chi connectivity index (χ3n) is 3.92. The van der Waals surface area contributed by atoms with Crippen molar-refractivity contribution in [2.24, 2.45) is 0 Å². The lowest BCUT2D eigenvalue weighted by molar-refractivity contribution is -0.145. The summed E-state index contributed by atoms with van der Waals surface area (Å²) < 4.78 is 10.9. The van der Waals surface area contributed by atoms with Gasteiger partial charge in [-0.15, -0.1) is 0 Å². The molecule has 0 aliphatic heterocycles. The summed E-state index contributed by atoms with van der Waals surface area (Å²) >= 11 is 0. The van der Waals surface area contributed by atoms with Crippen LogP contribution < -0.4 is 5.38 Å². The van der Waals surface area contributed by atoms with Gasteiger partial charge < -0.3 is 9.15 Å². The van der Waals surface area contributed by atoms with Gasteiger partial charge in [0.05, 0.1) is 11.6 Å². The zero-order chi connectivity index (χ0) is 14.1. The third kappa shape index (κ3) is 3.04. The molecular formula is C14H24O3Si. The van der Waals surface area contributed by atoms with Gasteiger partial charge in [0.1, 0.15) is 14.2 Å². The average Bonchev–Trinajstić information content (AvgIpc) is 2.63. The van der Waals surface area contributed by atoms with Gasteiger partial charge >= 0.3 is 5.97 Å². The zero-order valence-electron chi connectivity index (χ0n) is 12.5. The Bertz CT molecular complexity index is 426. The molecule has 0 bridgehead atoms. The molecule has 1 atom stereocenters. The summed E-state index contributed by atoms with van der Waals surface area (Å²) in [5, 5.41) is 1.29. The molecule has 0 aliphatic rings. The van der Waals surface area contributed by atoms with Crippen LogP contribution in [-0.4, -0.2) is 14.0 Å². The molecule has 0 saturated carbocycles. The first-order chi connectivity index (χ1) is 8.05. The molecule has 1 rings (SSSR count). The number of carbonyl (C=O) groups is 1. The number of ether oxygens (including phenoxy) is 1. The minimum absolute atomic E-state index is 0.229. The van der Waals surface area contributed by atoms with E-state index in [2.05, 4.69) is 33.9 Å². The van der Waals surface area contributed by atoms with Gasteiger partial charge in [-0.3, -0.25) is 4.79 Å². The number of hydrogen-bond donors (Lipinski definition) is 0. The minimum Gasteiger partial charge on any atom is -0.474 e. The second-order valence-electron chi connectivity index (χ2n) is 6.37. The maximum Gasteiger partial charge on any atom is 0.303 e. The Morgan fingerprint density at radius 2 is 1.94 bits per heavy atom. The minimum atomic E-state index is -1.65. The molecule has 1 heterocycles. The Morgan fingerprint density at radius 1 is 1.39 bits per heavy atom. The summed E-state index contributed by atoms with van der Waals surface area (Å²) in [5.74, 6) is -0.266. The van der Waals surface area contributed by atoms with E-state index >= 15 is 0 Å². The topological polar surface area (TPSA) is 39.4 Å². The maximum absolute atomic E-state index is 10.9. The smallest absolute Gasteiger partial charge is 0.303 e. The van der Waals surface area contributed by atoms with Crippen LogP contribution in [0.25, 0.3) is 0 Å². The van der Waals surface area contributed by atoms with E-state index in [0.29, 0.717) is 0 Å². The molecule has 3 nitrogen and oxygen atoms in total. The molecule has 0 spiro atoms. The Labute approximate surface area is 111 Å². The molecule has 0 N–H and O–H groups in total. The van der Waals surface area contributed by atoms with Crippen LogP contribution in [0, 0.1) is 0 Å². The highest BCUT2D eigenvalue weighted by Crippen LogP contribution is 2.36. The Kier molecular flexibility index (Phi) is 4.11. The van der Waals surface area contributed by atoms with E-state index in [0.717, 1.165) is 10.9 Å². The van der Waals surface area contributed by atoms with Crippen molar-refractivity contribution in [3.8, 4) is 0 Å². The third-order valence-corrected chi connectivity index (χ3v) is 9.17. The summed E-state index contributed by atoms with van der Waals surface area (Å²) in [6.07, 6.45) is 1.47. The quantitative estimate of drug-likeness (QED) is 0.621. The van der Waals surface area contributed by atoms with E-state index in [1.54, 1.807) is 6.26 Å². The van der Waals surface area contributed by atoms with Crippen molar-refractivity contribution in [3.63, 3.8) is 0 Å². The number of carbonyl (C=O) groups excluding carboxylic acids is 1. The average molecular weight is 268 g/mol. The molecule has 1 aromatic rings. The molecular weight excluding hydrogens is 244 g/mol. The number of esters is 1. The van der Waals surface area contributed by atoms with E-state index < -0.39 is 8.07 Å². The standard InChI is InChI=1S/C14H24O3Si/c1-10(17-11(2)15)12-8-13(16-9-12)18(6,7)14(3,4)5/h8-10H,1-7H3. The fraction of sp³-hybridized carbons (Fsp3) is 0.643. The van der Waals surface area contributed by atoms with Crippen LogP contribution in [0.1, 0.15) is 46.3 Å². The Morgan fingerprint density at radius 3 is 2.39 bits per heavy atom. The molecule has 0 fully saturated rings. The van der Waals surface area contributed by atoms with E-state index in [1.807, 2.05) is 13.0 Å². The molecule has 0 amide bonds. The summed E-state index contributed by atoms with van der Waals surface area (Å²) in [6, 6.07) is 2.05. The predicted octanol–water partition coefficient (Wildman–Crippen LogP) is 3.62. The van der Waals surface area contributed by atoms with Gasteiger partial charge in [-0.25, -0.2) is 0 Å². The Hall–Kier alpha value is -1.03. The fourth-order valence-electron chi connectivity index (χ4n) is 1.58. The molecule has 0 aliphatic carbocycles. The summed E-state index contributed by atoms with van der Waals surface area (Å²) in [6.45, 7) is 14.6. The molecule has 1 unspecified atom stereocenters. The second kappa shape index (κ2) is 4.92. The zero-order valence-corrected chi connectivity index (χ0v) is 13.5. The van der Waals surface area contributed by atoms with Crippen LogP contribution in [0.3, 0.4) is 0 Å². The van der Waals surface area contributed by atoms with Gasteiger partial charge in [-0.2, -0.15) is 0 Å². The van der Waals surface area contributed by atoms with E-state index in [9.17, 15) is 4.79 Å². The first-order valence-corrected chi connectivity index (χ1v) is 9.32. The van der Waals surface area contributed by atoms with Gasteiger partial charge in [0.2, 0.25) is 0 Å². The molecule has 1 aromatic heterocycles. The predicted molar refractivity (Wildman–Crippen MR) is 75.7 cm³/mol. The number of furan rings is 1. The van der Waals surface area contributed by atoms with Crippen molar-refractivity contribution < 1.29 is 13.9 Å². The largest absolute Gasteiger partial charge is 0.474 e. The second-order valence-corrected chi connectivity index (χ2v) is 11.6. The number of hydrogen-bond acceptors (Lipinski definition) is 3. The van der Waals surface area contributed by atoms with Gasteiger partial charge in [-0.1, -0.05) is 33.9 Å². The fourth-order valence-corrected chi connectivity index (χ4v) is 3.20. The lowest BCUT2D eigenvalue weighted by Gasteiger charge is -2.34. The van der Waals surface area contributed by atoms with Crippen molar-refractivity contribution in [1.29, 1.82) is 0 Å². The van der Waals surface area contributed by atoms with Gasteiger partial charge in [0, 0.05) is 12.5 Å². The van der Waals surface area contributed by atoms with Gasteiger partial charge in [0.25, 0.3) is 0 Å². The van der Waals surface area contributed by atoms with E-state index in [-0.39, 0.29) is 17.1 Å². The van der Waals surface area contributed by atoms with Crippen molar-refractivity contribution >= 4 is 19.4 Å². The highest BCUT2D eigenvalue weighted by Gasteiger charge is 2.40.